The predicted octanol–water partition coefficient (Wildman–Crippen LogP) is 4.18. The molecule has 0 aliphatic heterocycles. The molecule has 0 saturated carbocycles. The molecule has 0 aliphatic rings. The van der Waals surface area contributed by atoms with Crippen LogP contribution < -0.4 is 10.6 Å². The molecule has 0 bridgehead atoms. The Balaban J connectivity index is 0.00000242. The Kier molecular flexibility index (Phi) is 8.96. The molecule has 0 unspecified atom stereocenters. The molecule has 0 radical (unpaired) electrons. The highest BCUT2D eigenvalue weighted by atomic mass is 127. The largest absolute Gasteiger partial charge is 0.356 e. The number of rotatable bonds is 5. The normalized spacial score (nSPS) is 11.0. The molecule has 1 heterocycles. The van der Waals surface area contributed by atoms with E-state index in [0.29, 0.717) is 0 Å². The summed E-state index contributed by atoms with van der Waals surface area (Å²) >= 11 is 5.14. The molecule has 2 N–H and O–H groups in total. The lowest BCUT2D eigenvalue weighted by Gasteiger charge is -2.11. The number of nitrogens with zero attached hydrogens (tertiary/aromatic N) is 1. The molecule has 0 atom stereocenters. The van der Waals surface area contributed by atoms with Crippen LogP contribution >= 0.6 is 51.2 Å². The minimum Gasteiger partial charge on any atom is -0.356 e. The van der Waals surface area contributed by atoms with Gasteiger partial charge in [-0.15, -0.1) is 35.3 Å². The van der Waals surface area contributed by atoms with Gasteiger partial charge in [0, 0.05) is 28.3 Å². The highest BCUT2D eigenvalue weighted by Crippen LogP contribution is 2.19. The number of thiophene rings is 1. The summed E-state index contributed by atoms with van der Waals surface area (Å²) in [4.78, 5) is 5.42. The molecule has 7 heteroatoms. The number of nitrogens with one attached hydrogen (secondary N) is 2. The summed E-state index contributed by atoms with van der Waals surface area (Å²) in [5.74, 6) is 0.563. The molecule has 22 heavy (non-hydrogen) atoms. The summed E-state index contributed by atoms with van der Waals surface area (Å²) in [5.41, 5.74) is 1.10. The third kappa shape index (κ3) is 6.62. The van der Waals surface area contributed by atoms with Crippen molar-refractivity contribution in [1.82, 2.24) is 10.6 Å². The highest BCUT2D eigenvalue weighted by Gasteiger charge is 2.01. The van der Waals surface area contributed by atoms with Gasteiger partial charge in [-0.3, -0.25) is 4.99 Å². The molecular formula is C15H18BrFIN3S. The maximum Gasteiger partial charge on any atom is 0.191 e. The lowest BCUT2D eigenvalue weighted by atomic mass is 10.1. The van der Waals surface area contributed by atoms with Gasteiger partial charge in [0.25, 0.3) is 0 Å². The summed E-state index contributed by atoms with van der Waals surface area (Å²) in [5, 5.41) is 8.57. The first-order chi connectivity index (χ1) is 10.2. The van der Waals surface area contributed by atoms with Gasteiger partial charge in [0.1, 0.15) is 5.82 Å². The fourth-order valence-corrected chi connectivity index (χ4v) is 3.21. The van der Waals surface area contributed by atoms with Gasteiger partial charge >= 0.3 is 0 Å². The highest BCUT2D eigenvalue weighted by molar-refractivity contribution is 14.0. The first kappa shape index (κ1) is 19.4. The third-order valence-electron chi connectivity index (χ3n) is 2.89. The fourth-order valence-electron chi connectivity index (χ4n) is 1.81. The number of guanidine groups is 1. The zero-order chi connectivity index (χ0) is 15.1. The number of halogens is 3. The van der Waals surface area contributed by atoms with Crippen LogP contribution in [0.5, 0.6) is 0 Å². The Bertz CT molecular complexity index is 601. The Labute approximate surface area is 159 Å². The molecule has 3 nitrogen and oxygen atoms in total. The third-order valence-corrected chi connectivity index (χ3v) is 4.59. The van der Waals surface area contributed by atoms with Crippen LogP contribution in [0, 0.1) is 5.82 Å². The molecule has 2 rings (SSSR count). The van der Waals surface area contributed by atoms with E-state index in [1.165, 1.54) is 17.0 Å². The maximum atomic E-state index is 12.8. The molecule has 0 spiro atoms. The summed E-state index contributed by atoms with van der Waals surface area (Å²) < 4.78 is 13.9. The first-order valence-electron chi connectivity index (χ1n) is 6.59. The second-order valence-electron chi connectivity index (χ2n) is 4.46. The number of hydrogen-bond donors (Lipinski definition) is 2. The van der Waals surface area contributed by atoms with Crippen molar-refractivity contribution in [1.29, 1.82) is 0 Å². The average molecular weight is 498 g/mol. The van der Waals surface area contributed by atoms with Crippen LogP contribution in [-0.4, -0.2) is 19.6 Å². The summed E-state index contributed by atoms with van der Waals surface area (Å²) in [6, 6.07) is 8.66. The molecule has 0 aliphatic carbocycles. The summed E-state index contributed by atoms with van der Waals surface area (Å²) in [6.07, 6.45) is 0.825. The fraction of sp³-hybridized carbons (Fsp3) is 0.267. The minimum absolute atomic E-state index is 0. The van der Waals surface area contributed by atoms with Crippen LogP contribution in [0.2, 0.25) is 0 Å². The zero-order valence-corrected chi connectivity index (χ0v) is 16.8. The molecular weight excluding hydrogens is 480 g/mol. The van der Waals surface area contributed by atoms with Crippen LogP contribution in [-0.2, 0) is 13.0 Å². The van der Waals surface area contributed by atoms with Crippen molar-refractivity contribution in [3.05, 3.63) is 56.4 Å². The molecule has 0 fully saturated rings. The molecule has 2 aromatic rings. The lowest BCUT2D eigenvalue weighted by molar-refractivity contribution is 0.626. The van der Waals surface area contributed by atoms with E-state index in [-0.39, 0.29) is 29.8 Å². The second kappa shape index (κ2) is 10.2. The van der Waals surface area contributed by atoms with Gasteiger partial charge in [-0.25, -0.2) is 4.39 Å². The van der Waals surface area contributed by atoms with E-state index >= 15 is 0 Å². The zero-order valence-electron chi connectivity index (χ0n) is 12.1. The van der Waals surface area contributed by atoms with E-state index in [9.17, 15) is 4.39 Å². The molecule has 1 aromatic carbocycles. The SMILES string of the molecule is CN=C(NCCc1ccc(F)cc1)NCc1cc(Br)cs1.I. The van der Waals surface area contributed by atoms with E-state index in [1.807, 2.05) is 0 Å². The van der Waals surface area contributed by atoms with Gasteiger partial charge in [0.05, 0.1) is 6.54 Å². The predicted molar refractivity (Wildman–Crippen MR) is 106 cm³/mol. The quantitative estimate of drug-likeness (QED) is 0.369. The Morgan fingerprint density at radius 3 is 2.59 bits per heavy atom. The van der Waals surface area contributed by atoms with Gasteiger partial charge in [0.2, 0.25) is 0 Å². The monoisotopic (exact) mass is 497 g/mol. The summed E-state index contributed by atoms with van der Waals surface area (Å²) in [7, 11) is 1.75. The smallest absolute Gasteiger partial charge is 0.191 e. The number of benzene rings is 1. The second-order valence-corrected chi connectivity index (χ2v) is 6.37. The van der Waals surface area contributed by atoms with Crippen molar-refractivity contribution in [2.24, 2.45) is 4.99 Å². The standard InChI is InChI=1S/C15H17BrFN3S.HI/c1-18-15(20-9-14-8-12(16)10-21-14)19-7-6-11-2-4-13(17)5-3-11;/h2-5,8,10H,6-7,9H2,1H3,(H2,18,19,20);1H. The minimum atomic E-state index is -0.203. The van der Waals surface area contributed by atoms with Gasteiger partial charge in [-0.2, -0.15) is 0 Å². The lowest BCUT2D eigenvalue weighted by Crippen LogP contribution is -2.37. The molecule has 120 valence electrons. The topological polar surface area (TPSA) is 36.4 Å². The van der Waals surface area contributed by atoms with Crippen LogP contribution in [0.25, 0.3) is 0 Å². The summed E-state index contributed by atoms with van der Waals surface area (Å²) in [6.45, 7) is 1.49. The number of hydrogen-bond acceptors (Lipinski definition) is 2. The average Bonchev–Trinajstić information content (AvgIpc) is 2.90. The van der Waals surface area contributed by atoms with Crippen LogP contribution in [0.15, 0.2) is 45.2 Å². The van der Waals surface area contributed by atoms with Gasteiger partial charge in [0.15, 0.2) is 5.96 Å². The van der Waals surface area contributed by atoms with Crippen LogP contribution in [0.1, 0.15) is 10.4 Å². The van der Waals surface area contributed by atoms with Gasteiger partial charge < -0.3 is 10.6 Å². The van der Waals surface area contributed by atoms with E-state index in [2.05, 4.69) is 43.0 Å². The van der Waals surface area contributed by atoms with Crippen LogP contribution in [0.4, 0.5) is 4.39 Å². The first-order valence-corrected chi connectivity index (χ1v) is 8.26. The van der Waals surface area contributed by atoms with Crippen molar-refractivity contribution in [3.63, 3.8) is 0 Å². The van der Waals surface area contributed by atoms with Crippen molar-refractivity contribution in [2.75, 3.05) is 13.6 Å². The van der Waals surface area contributed by atoms with Crippen molar-refractivity contribution >= 4 is 57.2 Å². The van der Waals surface area contributed by atoms with Gasteiger partial charge in [-0.1, -0.05) is 12.1 Å². The number of aliphatic imine (C=N–C) groups is 1. The maximum absolute atomic E-state index is 12.8. The molecule has 1 aromatic heterocycles. The van der Waals surface area contributed by atoms with E-state index in [1.54, 1.807) is 30.5 Å². The van der Waals surface area contributed by atoms with E-state index in [0.717, 1.165) is 35.5 Å². The molecule has 0 amide bonds. The Morgan fingerprint density at radius 1 is 1.27 bits per heavy atom. The Morgan fingerprint density at radius 2 is 2.00 bits per heavy atom. The van der Waals surface area contributed by atoms with Crippen molar-refractivity contribution in [2.45, 2.75) is 13.0 Å². The van der Waals surface area contributed by atoms with E-state index in [4.69, 9.17) is 0 Å². The Hall–Kier alpha value is -0.670. The molecule has 0 saturated heterocycles. The van der Waals surface area contributed by atoms with Crippen LogP contribution in [0.3, 0.4) is 0 Å². The van der Waals surface area contributed by atoms with Crippen molar-refractivity contribution in [3.8, 4) is 0 Å². The van der Waals surface area contributed by atoms with Crippen molar-refractivity contribution < 1.29 is 4.39 Å². The van der Waals surface area contributed by atoms with E-state index < -0.39 is 0 Å². The van der Waals surface area contributed by atoms with Gasteiger partial charge in [-0.05, 0) is 46.1 Å².